The van der Waals surface area contributed by atoms with Crippen LogP contribution >= 0.6 is 0 Å². The summed E-state index contributed by atoms with van der Waals surface area (Å²) in [6, 6.07) is 0. The van der Waals surface area contributed by atoms with Crippen LogP contribution < -0.4 is 0 Å². The molecule has 0 unspecified atom stereocenters. The molecule has 1 aliphatic rings. The van der Waals surface area contributed by atoms with Crippen molar-refractivity contribution in [2.75, 3.05) is 0 Å². The minimum Gasteiger partial charge on any atom is -0.462 e. The predicted octanol–water partition coefficient (Wildman–Crippen LogP) is 8.80. The van der Waals surface area contributed by atoms with Gasteiger partial charge in [-0.15, -0.1) is 0 Å². The van der Waals surface area contributed by atoms with Gasteiger partial charge in [-0.1, -0.05) is 96.9 Å². The molecule has 0 bridgehead atoms. The summed E-state index contributed by atoms with van der Waals surface area (Å²) in [5.41, 5.74) is 0. The maximum absolute atomic E-state index is 12.3. The van der Waals surface area contributed by atoms with E-state index in [-0.39, 0.29) is 12.1 Å². The van der Waals surface area contributed by atoms with Gasteiger partial charge in [-0.3, -0.25) is 4.79 Å². The van der Waals surface area contributed by atoms with Crippen molar-refractivity contribution in [1.82, 2.24) is 0 Å². The number of unbranched alkanes of at least 4 members (excludes halogenated alkanes) is 9. The number of hydrogen-bond donors (Lipinski definition) is 0. The van der Waals surface area contributed by atoms with Gasteiger partial charge in [0, 0.05) is 6.42 Å². The van der Waals surface area contributed by atoms with Crippen LogP contribution in [0.2, 0.25) is 0 Å². The summed E-state index contributed by atoms with van der Waals surface area (Å²) in [7, 11) is 0. The molecule has 0 aromatic heterocycles. The minimum atomic E-state index is 0.0316. The molecule has 0 heterocycles. The number of carbonyl (C=O) groups excluding carboxylic acids is 1. The lowest BCUT2D eigenvalue weighted by Crippen LogP contribution is -2.35. The minimum absolute atomic E-state index is 0.0316. The first-order chi connectivity index (χ1) is 14.5. The fourth-order valence-electron chi connectivity index (χ4n) is 4.58. The van der Waals surface area contributed by atoms with Gasteiger partial charge in [-0.25, -0.2) is 0 Å². The van der Waals surface area contributed by atoms with Crippen LogP contribution in [0.5, 0.6) is 0 Å². The second kappa shape index (κ2) is 17.6. The quantitative estimate of drug-likeness (QED) is 0.142. The molecule has 0 aromatic rings. The topological polar surface area (TPSA) is 26.3 Å². The molecular weight excluding hydrogens is 368 g/mol. The van der Waals surface area contributed by atoms with Crippen LogP contribution in [-0.4, -0.2) is 12.1 Å². The molecule has 174 valence electrons. The van der Waals surface area contributed by atoms with E-state index in [2.05, 4.69) is 52.0 Å². The van der Waals surface area contributed by atoms with E-state index < -0.39 is 0 Å². The Kier molecular flexibility index (Phi) is 15.8. The van der Waals surface area contributed by atoms with E-state index >= 15 is 0 Å². The van der Waals surface area contributed by atoms with Crippen LogP contribution in [0.4, 0.5) is 0 Å². The van der Waals surface area contributed by atoms with Gasteiger partial charge in [0.1, 0.15) is 6.10 Å². The molecule has 0 radical (unpaired) electrons. The molecule has 1 rings (SSSR count). The average Bonchev–Trinajstić information content (AvgIpc) is 2.70. The lowest BCUT2D eigenvalue weighted by molar-refractivity contribution is -0.156. The molecule has 3 atom stereocenters. The van der Waals surface area contributed by atoms with Gasteiger partial charge in [-0.2, -0.15) is 0 Å². The highest BCUT2D eigenvalue weighted by Crippen LogP contribution is 2.35. The zero-order chi connectivity index (χ0) is 22.0. The molecule has 0 spiro atoms. The summed E-state index contributed by atoms with van der Waals surface area (Å²) in [6.45, 7) is 9.08. The van der Waals surface area contributed by atoms with E-state index in [1.165, 1.54) is 70.6 Å². The van der Waals surface area contributed by atoms with Crippen LogP contribution in [0.3, 0.4) is 0 Å². The Morgan fingerprint density at radius 2 is 1.50 bits per heavy atom. The lowest BCUT2D eigenvalue weighted by atomic mass is 9.75. The molecule has 1 saturated carbocycles. The highest BCUT2D eigenvalue weighted by molar-refractivity contribution is 5.69. The van der Waals surface area contributed by atoms with Crippen molar-refractivity contribution < 1.29 is 9.53 Å². The van der Waals surface area contributed by atoms with Crippen LogP contribution in [-0.2, 0) is 9.53 Å². The number of allylic oxidation sites excluding steroid dienone is 4. The Bertz CT molecular complexity index is 477. The Balaban J connectivity index is 2.00. The van der Waals surface area contributed by atoms with Crippen molar-refractivity contribution in [2.45, 2.75) is 130 Å². The third kappa shape index (κ3) is 13.3. The number of hydrogen-bond acceptors (Lipinski definition) is 2. The first kappa shape index (κ1) is 27.0. The van der Waals surface area contributed by atoms with Crippen LogP contribution in [0, 0.1) is 17.8 Å². The van der Waals surface area contributed by atoms with Crippen LogP contribution in [0.1, 0.15) is 124 Å². The van der Waals surface area contributed by atoms with Gasteiger partial charge in [-0.05, 0) is 62.7 Å². The van der Waals surface area contributed by atoms with E-state index in [1.54, 1.807) is 0 Å². The van der Waals surface area contributed by atoms with Gasteiger partial charge in [0.25, 0.3) is 0 Å². The molecule has 30 heavy (non-hydrogen) atoms. The lowest BCUT2D eigenvalue weighted by Gasteiger charge is -2.36. The first-order valence-electron chi connectivity index (χ1n) is 13.1. The normalized spacial score (nSPS) is 22.4. The number of rotatable bonds is 16. The molecule has 0 aliphatic heterocycles. The second-order valence-electron chi connectivity index (χ2n) is 9.87. The van der Waals surface area contributed by atoms with Gasteiger partial charge in [0.15, 0.2) is 0 Å². The standard InChI is InChI=1S/C28H50O2/c1-5-6-7-8-9-10-11-12-13-14-15-16-17-18-19-20-28(29)30-27-23-25(4)21-22-26(27)24(2)3/h10-13,24-27H,5-9,14-23H2,1-4H3/b11-10-,13-12-/t25-,26+,27-/m1/s1. The van der Waals surface area contributed by atoms with E-state index in [0.29, 0.717) is 24.2 Å². The third-order valence-electron chi connectivity index (χ3n) is 6.60. The van der Waals surface area contributed by atoms with E-state index in [4.69, 9.17) is 4.74 Å². The van der Waals surface area contributed by atoms with Crippen molar-refractivity contribution in [3.05, 3.63) is 24.3 Å². The highest BCUT2D eigenvalue weighted by atomic mass is 16.5. The van der Waals surface area contributed by atoms with E-state index in [9.17, 15) is 4.79 Å². The Morgan fingerprint density at radius 1 is 0.900 bits per heavy atom. The Labute approximate surface area is 187 Å². The van der Waals surface area contributed by atoms with E-state index in [0.717, 1.165) is 19.3 Å². The summed E-state index contributed by atoms with van der Waals surface area (Å²) < 4.78 is 5.90. The SMILES string of the molecule is CCCCCC/C=C\C=C/CCCCCCCC(=O)O[C@@H]1C[C@H](C)CC[C@H]1C(C)C. The Hall–Kier alpha value is -1.05. The summed E-state index contributed by atoms with van der Waals surface area (Å²) in [5.74, 6) is 1.87. The second-order valence-corrected chi connectivity index (χ2v) is 9.87. The van der Waals surface area contributed by atoms with Gasteiger partial charge < -0.3 is 4.74 Å². The summed E-state index contributed by atoms with van der Waals surface area (Å²) in [5, 5.41) is 0. The fraction of sp³-hybridized carbons (Fsp3) is 0.821. The van der Waals surface area contributed by atoms with Crippen molar-refractivity contribution in [3.63, 3.8) is 0 Å². The van der Waals surface area contributed by atoms with Crippen LogP contribution in [0.15, 0.2) is 24.3 Å². The smallest absolute Gasteiger partial charge is 0.306 e. The molecule has 1 aliphatic carbocycles. The third-order valence-corrected chi connectivity index (χ3v) is 6.60. The van der Waals surface area contributed by atoms with Crippen molar-refractivity contribution >= 4 is 5.97 Å². The highest BCUT2D eigenvalue weighted by Gasteiger charge is 2.33. The maximum Gasteiger partial charge on any atom is 0.306 e. The maximum atomic E-state index is 12.3. The fourth-order valence-corrected chi connectivity index (χ4v) is 4.58. The molecule has 2 nitrogen and oxygen atoms in total. The predicted molar refractivity (Wildman–Crippen MR) is 131 cm³/mol. The number of esters is 1. The molecule has 0 saturated heterocycles. The molecule has 2 heteroatoms. The summed E-state index contributed by atoms with van der Waals surface area (Å²) in [4.78, 5) is 12.3. The Morgan fingerprint density at radius 3 is 2.13 bits per heavy atom. The van der Waals surface area contributed by atoms with Gasteiger partial charge >= 0.3 is 5.97 Å². The number of ether oxygens (including phenoxy) is 1. The molecule has 0 amide bonds. The van der Waals surface area contributed by atoms with E-state index in [1.807, 2.05) is 0 Å². The van der Waals surface area contributed by atoms with Crippen molar-refractivity contribution in [2.24, 2.45) is 17.8 Å². The zero-order valence-electron chi connectivity index (χ0n) is 20.5. The van der Waals surface area contributed by atoms with Gasteiger partial charge in [0.05, 0.1) is 0 Å². The molecular formula is C28H50O2. The summed E-state index contributed by atoms with van der Waals surface area (Å²) >= 11 is 0. The zero-order valence-corrected chi connectivity index (χ0v) is 20.5. The van der Waals surface area contributed by atoms with Crippen molar-refractivity contribution in [1.29, 1.82) is 0 Å². The monoisotopic (exact) mass is 418 g/mol. The molecule has 0 aromatic carbocycles. The summed E-state index contributed by atoms with van der Waals surface area (Å²) in [6.07, 6.45) is 26.9. The van der Waals surface area contributed by atoms with Crippen molar-refractivity contribution in [3.8, 4) is 0 Å². The van der Waals surface area contributed by atoms with Crippen LogP contribution in [0.25, 0.3) is 0 Å². The largest absolute Gasteiger partial charge is 0.462 e. The number of carbonyl (C=O) groups is 1. The molecule has 0 N–H and O–H groups in total. The average molecular weight is 419 g/mol. The van der Waals surface area contributed by atoms with Gasteiger partial charge in [0.2, 0.25) is 0 Å². The first-order valence-corrected chi connectivity index (χ1v) is 13.1. The molecule has 1 fully saturated rings.